The Morgan fingerprint density at radius 2 is 2.05 bits per heavy atom. The molecule has 0 aliphatic carbocycles. The normalized spacial score (nSPS) is 11.0. The van der Waals surface area contributed by atoms with Gasteiger partial charge in [-0.1, -0.05) is 26.0 Å². The van der Waals surface area contributed by atoms with Crippen molar-refractivity contribution in [2.45, 2.75) is 33.1 Å². The van der Waals surface area contributed by atoms with Crippen molar-refractivity contribution in [1.29, 1.82) is 0 Å². The van der Waals surface area contributed by atoms with Gasteiger partial charge in [-0.2, -0.15) is 0 Å². The lowest BCUT2D eigenvalue weighted by Crippen LogP contribution is -2.31. The molecule has 118 valence electrons. The highest BCUT2D eigenvalue weighted by Crippen LogP contribution is 2.24. The van der Waals surface area contributed by atoms with E-state index in [4.69, 9.17) is 4.74 Å². The Balaban J connectivity index is 2.40. The Morgan fingerprint density at radius 1 is 1.33 bits per heavy atom. The first-order valence-electron chi connectivity index (χ1n) is 7.55. The van der Waals surface area contributed by atoms with Gasteiger partial charge in [0.1, 0.15) is 5.75 Å². The van der Waals surface area contributed by atoms with Gasteiger partial charge in [-0.05, 0) is 57.1 Å². The molecule has 0 saturated heterocycles. The third kappa shape index (κ3) is 6.63. The molecule has 0 fully saturated rings. The lowest BCUT2D eigenvalue weighted by molar-refractivity contribution is -0.123. The molecule has 0 unspecified atom stereocenters. The van der Waals surface area contributed by atoms with Gasteiger partial charge in [0.15, 0.2) is 6.61 Å². The molecule has 0 aliphatic rings. The van der Waals surface area contributed by atoms with Gasteiger partial charge in [0.25, 0.3) is 5.91 Å². The molecule has 4 heteroatoms. The highest BCUT2D eigenvalue weighted by atomic mass is 16.5. The summed E-state index contributed by atoms with van der Waals surface area (Å²) in [6.07, 6.45) is 0.945. The zero-order valence-corrected chi connectivity index (χ0v) is 13.9. The monoisotopic (exact) mass is 292 g/mol. The van der Waals surface area contributed by atoms with Crippen LogP contribution in [-0.4, -0.2) is 44.6 Å². The van der Waals surface area contributed by atoms with Gasteiger partial charge in [-0.25, -0.2) is 0 Å². The molecule has 1 N–H and O–H groups in total. The van der Waals surface area contributed by atoms with E-state index < -0.39 is 0 Å². The maximum atomic E-state index is 11.7. The second-order valence-corrected chi connectivity index (χ2v) is 5.98. The van der Waals surface area contributed by atoms with Crippen molar-refractivity contribution in [2.75, 3.05) is 33.8 Å². The highest BCUT2D eigenvalue weighted by molar-refractivity contribution is 5.77. The van der Waals surface area contributed by atoms with Crippen LogP contribution in [0.1, 0.15) is 37.3 Å². The number of carbonyl (C=O) groups excluding carboxylic acids is 1. The summed E-state index contributed by atoms with van der Waals surface area (Å²) in [7, 11) is 4.05. The minimum Gasteiger partial charge on any atom is -0.483 e. The van der Waals surface area contributed by atoms with E-state index in [9.17, 15) is 4.79 Å². The van der Waals surface area contributed by atoms with Gasteiger partial charge >= 0.3 is 0 Å². The van der Waals surface area contributed by atoms with Crippen molar-refractivity contribution in [3.8, 4) is 5.75 Å². The van der Waals surface area contributed by atoms with Crippen molar-refractivity contribution < 1.29 is 9.53 Å². The maximum absolute atomic E-state index is 11.7. The summed E-state index contributed by atoms with van der Waals surface area (Å²) >= 11 is 0. The van der Waals surface area contributed by atoms with E-state index in [0.717, 1.165) is 24.3 Å². The molecular formula is C17H28N2O2. The molecule has 0 bridgehead atoms. The van der Waals surface area contributed by atoms with E-state index in [2.05, 4.69) is 30.1 Å². The first-order valence-corrected chi connectivity index (χ1v) is 7.55. The summed E-state index contributed by atoms with van der Waals surface area (Å²) in [6, 6.07) is 6.17. The molecule has 0 spiro atoms. The number of nitrogens with zero attached hydrogens (tertiary/aromatic N) is 1. The smallest absolute Gasteiger partial charge is 0.257 e. The zero-order valence-electron chi connectivity index (χ0n) is 13.9. The van der Waals surface area contributed by atoms with Crippen LogP contribution in [0.15, 0.2) is 18.2 Å². The van der Waals surface area contributed by atoms with Crippen LogP contribution in [0.5, 0.6) is 5.75 Å². The van der Waals surface area contributed by atoms with E-state index in [1.165, 1.54) is 5.56 Å². The summed E-state index contributed by atoms with van der Waals surface area (Å²) in [5, 5.41) is 2.87. The third-order valence-electron chi connectivity index (χ3n) is 3.34. The van der Waals surface area contributed by atoms with Crippen molar-refractivity contribution in [1.82, 2.24) is 10.2 Å². The number of benzene rings is 1. The predicted octanol–water partition coefficient (Wildman–Crippen LogP) is 2.57. The van der Waals surface area contributed by atoms with Gasteiger partial charge in [-0.15, -0.1) is 0 Å². The summed E-state index contributed by atoms with van der Waals surface area (Å²) in [6.45, 7) is 8.01. The van der Waals surface area contributed by atoms with Crippen LogP contribution in [0.2, 0.25) is 0 Å². The Labute approximate surface area is 128 Å². The van der Waals surface area contributed by atoms with Crippen LogP contribution in [-0.2, 0) is 4.79 Å². The molecule has 1 aromatic carbocycles. The number of rotatable bonds is 8. The van der Waals surface area contributed by atoms with Crippen LogP contribution in [0.25, 0.3) is 0 Å². The number of nitrogens with one attached hydrogen (secondary N) is 1. The molecule has 0 atom stereocenters. The fourth-order valence-electron chi connectivity index (χ4n) is 1.95. The molecule has 0 radical (unpaired) electrons. The minimum absolute atomic E-state index is 0.0666. The number of hydrogen-bond acceptors (Lipinski definition) is 3. The van der Waals surface area contributed by atoms with Gasteiger partial charge in [0.2, 0.25) is 0 Å². The third-order valence-corrected chi connectivity index (χ3v) is 3.34. The molecule has 1 rings (SSSR count). The molecule has 0 aromatic heterocycles. The first-order chi connectivity index (χ1) is 9.90. The summed E-state index contributed by atoms with van der Waals surface area (Å²) < 4.78 is 5.65. The number of carbonyl (C=O) groups is 1. The van der Waals surface area contributed by atoms with Crippen LogP contribution < -0.4 is 10.1 Å². The van der Waals surface area contributed by atoms with E-state index in [-0.39, 0.29) is 12.5 Å². The molecule has 4 nitrogen and oxygen atoms in total. The van der Waals surface area contributed by atoms with Crippen LogP contribution >= 0.6 is 0 Å². The van der Waals surface area contributed by atoms with Gasteiger partial charge in [-0.3, -0.25) is 4.79 Å². The fraction of sp³-hybridized carbons (Fsp3) is 0.588. The van der Waals surface area contributed by atoms with Crippen LogP contribution in [0.3, 0.4) is 0 Å². The van der Waals surface area contributed by atoms with E-state index in [0.29, 0.717) is 12.5 Å². The Hall–Kier alpha value is -1.55. The lowest BCUT2D eigenvalue weighted by atomic mass is 10.0. The SMILES string of the molecule is Cc1ccc(C(C)C)cc1OCC(=O)NCCCN(C)C. The van der Waals surface area contributed by atoms with Crippen molar-refractivity contribution in [2.24, 2.45) is 0 Å². The van der Waals surface area contributed by atoms with Crippen molar-refractivity contribution in [3.05, 3.63) is 29.3 Å². The topological polar surface area (TPSA) is 41.6 Å². The van der Waals surface area contributed by atoms with E-state index >= 15 is 0 Å². The maximum Gasteiger partial charge on any atom is 0.257 e. The summed E-state index contributed by atoms with van der Waals surface area (Å²) in [5.41, 5.74) is 2.28. The van der Waals surface area contributed by atoms with Gasteiger partial charge in [0, 0.05) is 6.54 Å². The number of aryl methyl sites for hydroxylation is 1. The second-order valence-electron chi connectivity index (χ2n) is 5.98. The first kappa shape index (κ1) is 17.5. The van der Waals surface area contributed by atoms with Crippen LogP contribution in [0, 0.1) is 6.92 Å². The van der Waals surface area contributed by atoms with Gasteiger partial charge in [0.05, 0.1) is 0 Å². The standard InChI is InChI=1S/C17H28N2O2/c1-13(2)15-8-7-14(3)16(11-15)21-12-17(20)18-9-6-10-19(4)5/h7-8,11,13H,6,9-10,12H2,1-5H3,(H,18,20). The Bertz CT molecular complexity index is 456. The Kier molecular flexibility index (Phi) is 7.23. The summed E-state index contributed by atoms with van der Waals surface area (Å²) in [4.78, 5) is 13.8. The molecular weight excluding hydrogens is 264 g/mol. The van der Waals surface area contributed by atoms with Gasteiger partial charge < -0.3 is 15.0 Å². The van der Waals surface area contributed by atoms with Crippen molar-refractivity contribution in [3.63, 3.8) is 0 Å². The molecule has 1 aromatic rings. The zero-order chi connectivity index (χ0) is 15.8. The van der Waals surface area contributed by atoms with E-state index in [1.807, 2.05) is 33.2 Å². The molecule has 0 saturated carbocycles. The number of amides is 1. The number of hydrogen-bond donors (Lipinski definition) is 1. The Morgan fingerprint density at radius 3 is 2.67 bits per heavy atom. The van der Waals surface area contributed by atoms with E-state index in [1.54, 1.807) is 0 Å². The molecule has 0 heterocycles. The molecule has 21 heavy (non-hydrogen) atoms. The van der Waals surface area contributed by atoms with Crippen LogP contribution in [0.4, 0.5) is 0 Å². The average molecular weight is 292 g/mol. The fourth-order valence-corrected chi connectivity index (χ4v) is 1.95. The number of ether oxygens (including phenoxy) is 1. The minimum atomic E-state index is -0.0666. The average Bonchev–Trinajstić information content (AvgIpc) is 2.42. The molecule has 1 amide bonds. The van der Waals surface area contributed by atoms with Crippen molar-refractivity contribution >= 4 is 5.91 Å². The second kappa shape index (κ2) is 8.67. The highest BCUT2D eigenvalue weighted by Gasteiger charge is 2.07. The predicted molar refractivity (Wildman–Crippen MR) is 86.9 cm³/mol. The molecule has 0 aliphatic heterocycles. The largest absolute Gasteiger partial charge is 0.483 e. The summed E-state index contributed by atoms with van der Waals surface area (Å²) in [5.74, 6) is 1.18. The quantitative estimate of drug-likeness (QED) is 0.749. The lowest BCUT2D eigenvalue weighted by Gasteiger charge is -2.13.